The Kier molecular flexibility index (Phi) is 5.48. The second-order valence-electron chi connectivity index (χ2n) is 5.69. The van der Waals surface area contributed by atoms with Crippen LogP contribution in [0.25, 0.3) is 0 Å². The molecule has 2 rings (SSSR count). The van der Waals surface area contributed by atoms with Crippen LogP contribution in [-0.4, -0.2) is 46.6 Å². The lowest BCUT2D eigenvalue weighted by Crippen LogP contribution is -2.40. The molecule has 0 unspecified atom stereocenters. The second kappa shape index (κ2) is 7.13. The van der Waals surface area contributed by atoms with Crippen molar-refractivity contribution >= 4 is 17.4 Å². The number of carbonyl (C=O) groups excluding carboxylic acids is 1. The van der Waals surface area contributed by atoms with Crippen molar-refractivity contribution in [3.05, 3.63) is 10.6 Å². The Bertz CT molecular complexity index is 438. The van der Waals surface area contributed by atoms with E-state index in [1.807, 2.05) is 4.90 Å². The molecule has 1 saturated heterocycles. The molecule has 5 nitrogen and oxygen atoms in total. The van der Waals surface area contributed by atoms with Crippen LogP contribution in [0.5, 0.6) is 0 Å². The van der Waals surface area contributed by atoms with Crippen molar-refractivity contribution in [1.82, 2.24) is 19.8 Å². The number of piperidine rings is 1. The number of carbonyl (C=O) groups is 1. The first-order valence-corrected chi connectivity index (χ1v) is 8.23. The van der Waals surface area contributed by atoms with Crippen LogP contribution < -0.4 is 5.32 Å². The Labute approximate surface area is 124 Å². The zero-order valence-corrected chi connectivity index (χ0v) is 13.4. The molecule has 0 bridgehead atoms. The van der Waals surface area contributed by atoms with Crippen LogP contribution in [0.15, 0.2) is 0 Å². The highest BCUT2D eigenvalue weighted by Gasteiger charge is 2.27. The fraction of sp³-hybridized carbons (Fsp3) is 0.786. The predicted octanol–water partition coefficient (Wildman–Crippen LogP) is 2.12. The van der Waals surface area contributed by atoms with E-state index < -0.39 is 0 Å². The van der Waals surface area contributed by atoms with E-state index in [-0.39, 0.29) is 11.8 Å². The molecular weight excluding hydrogens is 272 g/mol. The molecule has 0 spiro atoms. The van der Waals surface area contributed by atoms with Crippen molar-refractivity contribution in [2.75, 3.05) is 26.2 Å². The summed E-state index contributed by atoms with van der Waals surface area (Å²) in [6.45, 7) is 10.0. The lowest BCUT2D eigenvalue weighted by Gasteiger charge is -2.32. The van der Waals surface area contributed by atoms with E-state index in [9.17, 15) is 4.79 Å². The lowest BCUT2D eigenvalue weighted by molar-refractivity contribution is 0.0693. The summed E-state index contributed by atoms with van der Waals surface area (Å²) in [5.41, 5.74) is 0.842. The third-order valence-electron chi connectivity index (χ3n) is 3.84. The van der Waals surface area contributed by atoms with Gasteiger partial charge in [0.15, 0.2) is 0 Å². The first kappa shape index (κ1) is 15.4. The largest absolute Gasteiger partial charge is 0.338 e. The molecule has 1 aliphatic heterocycles. The fourth-order valence-electron chi connectivity index (χ4n) is 2.56. The highest BCUT2D eigenvalue weighted by molar-refractivity contribution is 7.08. The lowest BCUT2D eigenvalue weighted by atomic mass is 9.96. The maximum absolute atomic E-state index is 12.5. The van der Waals surface area contributed by atoms with Crippen molar-refractivity contribution < 1.29 is 4.79 Å². The van der Waals surface area contributed by atoms with Crippen LogP contribution in [-0.2, 0) is 0 Å². The summed E-state index contributed by atoms with van der Waals surface area (Å²) in [5, 5.41) is 7.49. The van der Waals surface area contributed by atoms with Crippen LogP contribution in [0.4, 0.5) is 0 Å². The van der Waals surface area contributed by atoms with Gasteiger partial charge in [-0.1, -0.05) is 25.3 Å². The smallest absolute Gasteiger partial charge is 0.267 e. The number of aromatic nitrogens is 2. The quantitative estimate of drug-likeness (QED) is 0.904. The molecule has 1 aromatic heterocycles. The maximum Gasteiger partial charge on any atom is 0.267 e. The maximum atomic E-state index is 12.5. The van der Waals surface area contributed by atoms with Crippen LogP contribution in [0.3, 0.4) is 0 Å². The Morgan fingerprint density at radius 1 is 1.45 bits per heavy atom. The minimum Gasteiger partial charge on any atom is -0.338 e. The van der Waals surface area contributed by atoms with Gasteiger partial charge in [0.25, 0.3) is 5.91 Å². The second-order valence-corrected chi connectivity index (χ2v) is 6.44. The standard InChI is InChI=1S/C14H24N4OS/c1-4-15-9-11-5-7-18(8-6-11)14(19)13-12(10(2)3)16-17-20-13/h10-11,15H,4-9H2,1-3H3. The minimum absolute atomic E-state index is 0.116. The third kappa shape index (κ3) is 3.55. The summed E-state index contributed by atoms with van der Waals surface area (Å²) in [5.74, 6) is 1.06. The highest BCUT2D eigenvalue weighted by atomic mass is 32.1. The summed E-state index contributed by atoms with van der Waals surface area (Å²) >= 11 is 1.23. The van der Waals surface area contributed by atoms with Gasteiger partial charge in [0.1, 0.15) is 4.88 Å². The minimum atomic E-state index is 0.116. The zero-order valence-electron chi connectivity index (χ0n) is 12.6. The van der Waals surface area contributed by atoms with E-state index in [1.54, 1.807) is 0 Å². The molecule has 2 heterocycles. The first-order valence-electron chi connectivity index (χ1n) is 7.45. The molecule has 0 aliphatic carbocycles. The molecular formula is C14H24N4OS. The molecule has 1 aliphatic rings. The van der Waals surface area contributed by atoms with E-state index in [2.05, 4.69) is 35.7 Å². The van der Waals surface area contributed by atoms with Gasteiger partial charge in [-0.05, 0) is 49.3 Å². The SMILES string of the molecule is CCNCC1CCN(C(=O)c2snnc2C(C)C)CC1. The van der Waals surface area contributed by atoms with Gasteiger partial charge >= 0.3 is 0 Å². The molecule has 1 fully saturated rings. The number of hydrogen-bond donors (Lipinski definition) is 1. The molecule has 0 radical (unpaired) electrons. The van der Waals surface area contributed by atoms with Gasteiger partial charge in [-0.2, -0.15) is 0 Å². The average Bonchev–Trinajstić information content (AvgIpc) is 2.94. The summed E-state index contributed by atoms with van der Waals surface area (Å²) in [4.78, 5) is 15.2. The van der Waals surface area contributed by atoms with E-state index in [4.69, 9.17) is 0 Å². The van der Waals surface area contributed by atoms with Crippen LogP contribution in [0.1, 0.15) is 54.9 Å². The van der Waals surface area contributed by atoms with Crippen molar-refractivity contribution in [2.45, 2.75) is 39.5 Å². The molecule has 1 N–H and O–H groups in total. The van der Waals surface area contributed by atoms with Gasteiger partial charge in [0.2, 0.25) is 0 Å². The van der Waals surface area contributed by atoms with Crippen LogP contribution in [0.2, 0.25) is 0 Å². The number of nitrogens with zero attached hydrogens (tertiary/aromatic N) is 3. The van der Waals surface area contributed by atoms with E-state index >= 15 is 0 Å². The molecule has 0 aromatic carbocycles. The van der Waals surface area contributed by atoms with Crippen LogP contribution >= 0.6 is 11.5 Å². The Balaban J connectivity index is 1.93. The van der Waals surface area contributed by atoms with Gasteiger partial charge in [-0.25, -0.2) is 0 Å². The molecule has 1 aromatic rings. The predicted molar refractivity (Wildman–Crippen MR) is 81.2 cm³/mol. The fourth-order valence-corrected chi connectivity index (χ4v) is 3.34. The van der Waals surface area contributed by atoms with Crippen molar-refractivity contribution in [3.8, 4) is 0 Å². The Hall–Kier alpha value is -1.01. The Morgan fingerprint density at radius 2 is 2.15 bits per heavy atom. The van der Waals surface area contributed by atoms with Gasteiger partial charge in [0.05, 0.1) is 5.69 Å². The zero-order chi connectivity index (χ0) is 14.5. The van der Waals surface area contributed by atoms with Gasteiger partial charge in [-0.15, -0.1) is 5.10 Å². The highest BCUT2D eigenvalue weighted by Crippen LogP contribution is 2.24. The summed E-state index contributed by atoms with van der Waals surface area (Å²) in [6, 6.07) is 0. The molecule has 112 valence electrons. The molecule has 0 saturated carbocycles. The number of nitrogens with one attached hydrogen (secondary N) is 1. The van der Waals surface area contributed by atoms with E-state index in [0.717, 1.165) is 49.6 Å². The van der Waals surface area contributed by atoms with Crippen molar-refractivity contribution in [3.63, 3.8) is 0 Å². The average molecular weight is 296 g/mol. The number of amides is 1. The van der Waals surface area contributed by atoms with Gasteiger partial charge in [0, 0.05) is 13.1 Å². The third-order valence-corrected chi connectivity index (χ3v) is 4.57. The first-order chi connectivity index (χ1) is 9.63. The molecule has 20 heavy (non-hydrogen) atoms. The summed E-state index contributed by atoms with van der Waals surface area (Å²) in [6.07, 6.45) is 2.17. The number of hydrogen-bond acceptors (Lipinski definition) is 5. The molecule has 6 heteroatoms. The topological polar surface area (TPSA) is 58.1 Å². The number of likely N-dealkylation sites (tertiary alicyclic amines) is 1. The Morgan fingerprint density at radius 3 is 2.75 bits per heavy atom. The normalized spacial score (nSPS) is 16.9. The van der Waals surface area contributed by atoms with Crippen molar-refractivity contribution in [1.29, 1.82) is 0 Å². The van der Waals surface area contributed by atoms with E-state index in [1.165, 1.54) is 11.5 Å². The molecule has 1 amide bonds. The molecule has 0 atom stereocenters. The number of rotatable bonds is 5. The summed E-state index contributed by atoms with van der Waals surface area (Å²) in [7, 11) is 0. The summed E-state index contributed by atoms with van der Waals surface area (Å²) < 4.78 is 3.95. The van der Waals surface area contributed by atoms with E-state index in [0.29, 0.717) is 5.92 Å². The monoisotopic (exact) mass is 296 g/mol. The van der Waals surface area contributed by atoms with Crippen LogP contribution in [0, 0.1) is 5.92 Å². The van der Waals surface area contributed by atoms with Gasteiger partial charge < -0.3 is 10.2 Å². The van der Waals surface area contributed by atoms with Crippen molar-refractivity contribution in [2.24, 2.45) is 5.92 Å². The van der Waals surface area contributed by atoms with Gasteiger partial charge in [-0.3, -0.25) is 4.79 Å².